The van der Waals surface area contributed by atoms with Gasteiger partial charge < -0.3 is 10.2 Å². The zero-order valence-electron chi connectivity index (χ0n) is 9.63. The predicted octanol–water partition coefficient (Wildman–Crippen LogP) is 1.86. The third kappa shape index (κ3) is 2.48. The molecule has 1 aliphatic heterocycles. The number of piperazine rings is 1. The van der Waals surface area contributed by atoms with Crippen molar-refractivity contribution in [2.45, 2.75) is 51.1 Å². The summed E-state index contributed by atoms with van der Waals surface area (Å²) in [5.41, 5.74) is 0. The lowest BCUT2D eigenvalue weighted by atomic mass is 9.96. The van der Waals surface area contributed by atoms with Crippen LogP contribution in [0.25, 0.3) is 0 Å². The molecule has 2 rings (SSSR count). The highest BCUT2D eigenvalue weighted by atomic mass is 15.2. The molecule has 1 heterocycles. The Morgan fingerprint density at radius 1 is 1.29 bits per heavy atom. The number of nitrogens with zero attached hydrogens (tertiary/aromatic N) is 1. The molecule has 2 nitrogen and oxygen atoms in total. The van der Waals surface area contributed by atoms with Crippen molar-refractivity contribution < 1.29 is 0 Å². The highest BCUT2D eigenvalue weighted by molar-refractivity contribution is 4.84. The lowest BCUT2D eigenvalue weighted by Crippen LogP contribution is -2.54. The number of rotatable bonds is 2. The van der Waals surface area contributed by atoms with E-state index in [2.05, 4.69) is 24.2 Å². The van der Waals surface area contributed by atoms with E-state index in [4.69, 9.17) is 0 Å². The van der Waals surface area contributed by atoms with E-state index < -0.39 is 0 Å². The summed E-state index contributed by atoms with van der Waals surface area (Å²) in [6, 6.07) is 1.48. The first-order valence-corrected chi connectivity index (χ1v) is 6.19. The Bertz CT molecular complexity index is 175. The molecule has 2 heteroatoms. The van der Waals surface area contributed by atoms with Crippen LogP contribution >= 0.6 is 0 Å². The Balaban J connectivity index is 1.79. The molecule has 2 fully saturated rings. The van der Waals surface area contributed by atoms with Crippen LogP contribution in [0.15, 0.2) is 0 Å². The molecule has 14 heavy (non-hydrogen) atoms. The summed E-state index contributed by atoms with van der Waals surface area (Å²) in [5, 5.41) is 3.59. The van der Waals surface area contributed by atoms with Crippen LogP contribution < -0.4 is 5.32 Å². The topological polar surface area (TPSA) is 15.3 Å². The molecule has 0 spiro atoms. The highest BCUT2D eigenvalue weighted by Crippen LogP contribution is 2.29. The van der Waals surface area contributed by atoms with Gasteiger partial charge in [-0.2, -0.15) is 0 Å². The largest absolute Gasteiger partial charge is 0.311 e. The molecule has 2 aliphatic rings. The fourth-order valence-corrected chi connectivity index (χ4v) is 3.03. The lowest BCUT2D eigenvalue weighted by molar-refractivity contribution is 0.145. The number of hydrogen-bond acceptors (Lipinski definition) is 2. The molecule has 0 aromatic heterocycles. The van der Waals surface area contributed by atoms with Crippen molar-refractivity contribution in [1.82, 2.24) is 10.2 Å². The van der Waals surface area contributed by atoms with Gasteiger partial charge in [0.1, 0.15) is 0 Å². The Labute approximate surface area is 88.1 Å². The molecule has 2 unspecified atom stereocenters. The van der Waals surface area contributed by atoms with Crippen molar-refractivity contribution in [2.75, 3.05) is 20.1 Å². The van der Waals surface area contributed by atoms with Crippen molar-refractivity contribution in [2.24, 2.45) is 5.92 Å². The van der Waals surface area contributed by atoms with Crippen LogP contribution in [0, 0.1) is 5.92 Å². The molecular formula is C12H24N2. The minimum Gasteiger partial charge on any atom is -0.311 e. The van der Waals surface area contributed by atoms with Crippen LogP contribution in [0.3, 0.4) is 0 Å². The van der Waals surface area contributed by atoms with Crippen molar-refractivity contribution in [3.05, 3.63) is 0 Å². The Morgan fingerprint density at radius 3 is 2.64 bits per heavy atom. The Hall–Kier alpha value is -0.0800. The Morgan fingerprint density at radius 2 is 2.00 bits per heavy atom. The van der Waals surface area contributed by atoms with Gasteiger partial charge in [-0.25, -0.2) is 0 Å². The summed E-state index contributed by atoms with van der Waals surface area (Å²) in [6.45, 7) is 4.70. The van der Waals surface area contributed by atoms with Crippen molar-refractivity contribution in [3.63, 3.8) is 0 Å². The summed E-state index contributed by atoms with van der Waals surface area (Å²) in [7, 11) is 2.29. The van der Waals surface area contributed by atoms with E-state index in [1.165, 1.54) is 45.2 Å². The molecule has 1 aliphatic carbocycles. The molecule has 0 bridgehead atoms. The van der Waals surface area contributed by atoms with Crippen LogP contribution in [0.1, 0.15) is 39.0 Å². The van der Waals surface area contributed by atoms with Gasteiger partial charge in [0, 0.05) is 25.2 Å². The van der Waals surface area contributed by atoms with E-state index >= 15 is 0 Å². The first kappa shape index (κ1) is 10.4. The second-order valence-electron chi connectivity index (χ2n) is 5.29. The van der Waals surface area contributed by atoms with Crippen LogP contribution in [0.5, 0.6) is 0 Å². The van der Waals surface area contributed by atoms with Crippen molar-refractivity contribution >= 4 is 0 Å². The van der Waals surface area contributed by atoms with Gasteiger partial charge in [-0.3, -0.25) is 0 Å². The quantitative estimate of drug-likeness (QED) is 0.725. The van der Waals surface area contributed by atoms with Crippen LogP contribution in [0.4, 0.5) is 0 Å². The number of likely N-dealkylation sites (N-methyl/N-ethyl adjacent to an activating group) is 1. The molecule has 2 atom stereocenters. The second-order valence-corrected chi connectivity index (χ2v) is 5.29. The zero-order chi connectivity index (χ0) is 9.97. The number of hydrogen-bond donors (Lipinski definition) is 1. The van der Waals surface area contributed by atoms with Gasteiger partial charge in [-0.05, 0) is 26.3 Å². The van der Waals surface area contributed by atoms with E-state index in [0.717, 1.165) is 12.0 Å². The van der Waals surface area contributed by atoms with Gasteiger partial charge in [-0.1, -0.05) is 25.7 Å². The molecule has 0 radical (unpaired) electrons. The number of nitrogens with one attached hydrogen (secondary N) is 1. The highest BCUT2D eigenvalue weighted by Gasteiger charge is 2.26. The van der Waals surface area contributed by atoms with Gasteiger partial charge in [-0.15, -0.1) is 0 Å². The maximum atomic E-state index is 3.59. The molecule has 1 saturated heterocycles. The maximum absolute atomic E-state index is 3.59. The first-order chi connectivity index (χ1) is 6.75. The SMILES string of the molecule is CC1CN(C)C(CC2CCCC2)CN1. The zero-order valence-corrected chi connectivity index (χ0v) is 9.63. The summed E-state index contributed by atoms with van der Waals surface area (Å²) < 4.78 is 0. The van der Waals surface area contributed by atoms with Crippen LogP contribution in [-0.2, 0) is 0 Å². The summed E-state index contributed by atoms with van der Waals surface area (Å²) in [4.78, 5) is 2.56. The van der Waals surface area contributed by atoms with E-state index in [1.807, 2.05) is 0 Å². The van der Waals surface area contributed by atoms with Crippen LogP contribution in [0.2, 0.25) is 0 Å². The van der Waals surface area contributed by atoms with E-state index in [0.29, 0.717) is 6.04 Å². The monoisotopic (exact) mass is 196 g/mol. The predicted molar refractivity (Wildman–Crippen MR) is 60.5 cm³/mol. The normalized spacial score (nSPS) is 36.4. The van der Waals surface area contributed by atoms with Crippen LogP contribution in [-0.4, -0.2) is 37.1 Å². The van der Waals surface area contributed by atoms with E-state index in [-0.39, 0.29) is 0 Å². The third-order valence-corrected chi connectivity index (χ3v) is 3.97. The Kier molecular flexibility index (Phi) is 3.45. The van der Waals surface area contributed by atoms with Gasteiger partial charge in [0.2, 0.25) is 0 Å². The lowest BCUT2D eigenvalue weighted by Gasteiger charge is -2.38. The molecule has 1 N–H and O–H groups in total. The van der Waals surface area contributed by atoms with Gasteiger partial charge in [0.25, 0.3) is 0 Å². The van der Waals surface area contributed by atoms with Gasteiger partial charge >= 0.3 is 0 Å². The van der Waals surface area contributed by atoms with E-state index in [1.54, 1.807) is 0 Å². The average Bonchev–Trinajstić information content (AvgIpc) is 2.62. The minimum atomic E-state index is 0.680. The molecule has 0 amide bonds. The molecule has 0 aromatic rings. The van der Waals surface area contributed by atoms with Crippen molar-refractivity contribution in [1.29, 1.82) is 0 Å². The molecule has 1 saturated carbocycles. The fourth-order valence-electron chi connectivity index (χ4n) is 3.03. The second kappa shape index (κ2) is 4.63. The summed E-state index contributed by atoms with van der Waals surface area (Å²) >= 11 is 0. The molecule has 0 aromatic carbocycles. The fraction of sp³-hybridized carbons (Fsp3) is 1.00. The van der Waals surface area contributed by atoms with Crippen molar-refractivity contribution in [3.8, 4) is 0 Å². The molecule has 82 valence electrons. The summed E-state index contributed by atoms with van der Waals surface area (Å²) in [6.07, 6.45) is 7.35. The summed E-state index contributed by atoms with van der Waals surface area (Å²) in [5.74, 6) is 1.03. The van der Waals surface area contributed by atoms with E-state index in [9.17, 15) is 0 Å². The maximum Gasteiger partial charge on any atom is 0.0220 e. The average molecular weight is 196 g/mol. The standard InChI is InChI=1S/C12H24N2/c1-10-9-14(2)12(8-13-10)7-11-5-3-4-6-11/h10-13H,3-9H2,1-2H3. The third-order valence-electron chi connectivity index (χ3n) is 3.97. The smallest absolute Gasteiger partial charge is 0.0220 e. The minimum absolute atomic E-state index is 0.680. The van der Waals surface area contributed by atoms with Gasteiger partial charge in [0.15, 0.2) is 0 Å². The molecular weight excluding hydrogens is 172 g/mol. The van der Waals surface area contributed by atoms with Gasteiger partial charge in [0.05, 0.1) is 0 Å². The first-order valence-electron chi connectivity index (χ1n) is 6.19.